The predicted octanol–water partition coefficient (Wildman–Crippen LogP) is 2.88. The van der Waals surface area contributed by atoms with Crippen LogP contribution < -0.4 is 11.1 Å². The van der Waals surface area contributed by atoms with Gasteiger partial charge >= 0.3 is 6.18 Å². The summed E-state index contributed by atoms with van der Waals surface area (Å²) in [7, 11) is 0. The van der Waals surface area contributed by atoms with Gasteiger partial charge in [-0.15, -0.1) is 0 Å². The second kappa shape index (κ2) is 7.69. The standard InChI is InChI=1S/C17H21F3N4O/c1-11(2)9-14(21)16(25)22-10-12-3-5-13(6-4-12)24-8-7-15(23-24)17(18,19)20/h3-8,11,14H,9-10,21H2,1-2H3,(H,22,25)/t14-/m0/s1. The smallest absolute Gasteiger partial charge is 0.351 e. The molecule has 1 atom stereocenters. The van der Waals surface area contributed by atoms with Gasteiger partial charge in [0, 0.05) is 12.7 Å². The van der Waals surface area contributed by atoms with Crippen molar-refractivity contribution in [2.45, 2.75) is 39.0 Å². The average Bonchev–Trinajstić information content (AvgIpc) is 3.02. The lowest BCUT2D eigenvalue weighted by atomic mass is 10.0. The summed E-state index contributed by atoms with van der Waals surface area (Å²) in [6.45, 7) is 4.29. The van der Waals surface area contributed by atoms with Gasteiger partial charge in [0.1, 0.15) is 0 Å². The molecule has 1 aromatic carbocycles. The number of hydrogen-bond acceptors (Lipinski definition) is 3. The van der Waals surface area contributed by atoms with Crippen LogP contribution in [0.5, 0.6) is 0 Å². The first-order valence-corrected chi connectivity index (χ1v) is 7.92. The molecule has 0 saturated carbocycles. The fourth-order valence-corrected chi connectivity index (χ4v) is 2.32. The zero-order valence-electron chi connectivity index (χ0n) is 14.0. The fourth-order valence-electron chi connectivity index (χ4n) is 2.32. The van der Waals surface area contributed by atoms with Crippen molar-refractivity contribution >= 4 is 5.91 Å². The van der Waals surface area contributed by atoms with E-state index in [4.69, 9.17) is 5.73 Å². The molecule has 2 rings (SSSR count). The Labute approximate surface area is 144 Å². The number of aromatic nitrogens is 2. The molecule has 0 aliphatic rings. The van der Waals surface area contributed by atoms with Crippen molar-refractivity contribution in [1.82, 2.24) is 15.1 Å². The Morgan fingerprint density at radius 1 is 1.24 bits per heavy atom. The second-order valence-corrected chi connectivity index (χ2v) is 6.26. The van der Waals surface area contributed by atoms with Crippen molar-refractivity contribution in [2.24, 2.45) is 11.7 Å². The first kappa shape index (κ1) is 19.0. The number of nitrogens with two attached hydrogens (primary N) is 1. The third kappa shape index (κ3) is 5.32. The summed E-state index contributed by atoms with van der Waals surface area (Å²) in [4.78, 5) is 11.9. The van der Waals surface area contributed by atoms with Gasteiger partial charge in [-0.1, -0.05) is 26.0 Å². The molecule has 1 heterocycles. The molecule has 0 spiro atoms. The maximum atomic E-state index is 12.6. The van der Waals surface area contributed by atoms with Crippen LogP contribution in [0.25, 0.3) is 5.69 Å². The van der Waals surface area contributed by atoms with Crippen LogP contribution in [0.4, 0.5) is 13.2 Å². The number of amides is 1. The number of halogens is 3. The molecule has 5 nitrogen and oxygen atoms in total. The minimum absolute atomic E-state index is 0.223. The Bertz CT molecular complexity index is 707. The third-order valence-electron chi connectivity index (χ3n) is 3.61. The van der Waals surface area contributed by atoms with Gasteiger partial charge < -0.3 is 11.1 Å². The minimum atomic E-state index is -4.47. The average molecular weight is 354 g/mol. The van der Waals surface area contributed by atoms with Crippen LogP contribution in [0.3, 0.4) is 0 Å². The van der Waals surface area contributed by atoms with Crippen LogP contribution in [-0.4, -0.2) is 21.7 Å². The predicted molar refractivity (Wildman–Crippen MR) is 87.8 cm³/mol. The minimum Gasteiger partial charge on any atom is -0.351 e. The van der Waals surface area contributed by atoms with Gasteiger partial charge in [0.25, 0.3) is 0 Å². The summed E-state index contributed by atoms with van der Waals surface area (Å²) in [5.41, 5.74) is 6.18. The molecule has 1 aromatic heterocycles. The Balaban J connectivity index is 1.96. The highest BCUT2D eigenvalue weighted by molar-refractivity contribution is 5.81. The zero-order valence-corrected chi connectivity index (χ0v) is 14.0. The highest BCUT2D eigenvalue weighted by Crippen LogP contribution is 2.27. The van der Waals surface area contributed by atoms with Crippen molar-refractivity contribution in [3.63, 3.8) is 0 Å². The Morgan fingerprint density at radius 3 is 2.40 bits per heavy atom. The van der Waals surface area contributed by atoms with Crippen molar-refractivity contribution in [2.75, 3.05) is 0 Å². The molecule has 0 unspecified atom stereocenters. The third-order valence-corrected chi connectivity index (χ3v) is 3.61. The molecule has 0 fully saturated rings. The molecule has 25 heavy (non-hydrogen) atoms. The molecule has 0 aliphatic heterocycles. The van der Waals surface area contributed by atoms with Crippen molar-refractivity contribution < 1.29 is 18.0 Å². The lowest BCUT2D eigenvalue weighted by Gasteiger charge is -2.14. The van der Waals surface area contributed by atoms with Crippen LogP contribution in [0, 0.1) is 5.92 Å². The van der Waals surface area contributed by atoms with E-state index in [-0.39, 0.29) is 5.91 Å². The molecular weight excluding hydrogens is 333 g/mol. The van der Waals surface area contributed by atoms with Crippen LogP contribution >= 0.6 is 0 Å². The number of carbonyl (C=O) groups excluding carboxylic acids is 1. The van der Waals surface area contributed by atoms with E-state index in [1.54, 1.807) is 24.3 Å². The maximum Gasteiger partial charge on any atom is 0.435 e. The number of rotatable bonds is 6. The van der Waals surface area contributed by atoms with E-state index < -0.39 is 17.9 Å². The number of hydrogen-bond donors (Lipinski definition) is 2. The zero-order chi connectivity index (χ0) is 18.6. The lowest BCUT2D eigenvalue weighted by Crippen LogP contribution is -2.41. The molecule has 0 bridgehead atoms. The number of carbonyl (C=O) groups is 1. The summed E-state index contributed by atoms with van der Waals surface area (Å²) in [5.74, 6) is 0.107. The highest BCUT2D eigenvalue weighted by atomic mass is 19.4. The number of alkyl halides is 3. The largest absolute Gasteiger partial charge is 0.435 e. The van der Waals surface area contributed by atoms with Gasteiger partial charge in [0.05, 0.1) is 11.7 Å². The quantitative estimate of drug-likeness (QED) is 0.838. The van der Waals surface area contributed by atoms with Crippen molar-refractivity contribution in [3.8, 4) is 5.69 Å². The first-order chi connectivity index (χ1) is 11.7. The summed E-state index contributed by atoms with van der Waals surface area (Å²) in [6.07, 6.45) is -2.61. The summed E-state index contributed by atoms with van der Waals surface area (Å²) in [6, 6.07) is 7.09. The van der Waals surface area contributed by atoms with E-state index in [1.807, 2.05) is 13.8 Å². The molecule has 0 radical (unpaired) electrons. The van der Waals surface area contributed by atoms with E-state index in [0.717, 1.165) is 16.3 Å². The van der Waals surface area contributed by atoms with Gasteiger partial charge in [-0.3, -0.25) is 4.79 Å². The molecule has 136 valence electrons. The Morgan fingerprint density at radius 2 is 1.88 bits per heavy atom. The van der Waals surface area contributed by atoms with Crippen LogP contribution in [0.2, 0.25) is 0 Å². The molecule has 8 heteroatoms. The molecule has 1 amide bonds. The molecule has 0 saturated heterocycles. The number of benzene rings is 1. The molecule has 3 N–H and O–H groups in total. The summed E-state index contributed by atoms with van der Waals surface area (Å²) >= 11 is 0. The summed E-state index contributed by atoms with van der Waals surface area (Å²) in [5, 5.41) is 6.26. The molecular formula is C17H21F3N4O. The highest BCUT2D eigenvalue weighted by Gasteiger charge is 2.33. The van der Waals surface area contributed by atoms with E-state index in [1.165, 1.54) is 6.20 Å². The van der Waals surface area contributed by atoms with Crippen LogP contribution in [0.15, 0.2) is 36.5 Å². The normalized spacial score (nSPS) is 13.1. The van der Waals surface area contributed by atoms with Gasteiger partial charge in [-0.2, -0.15) is 18.3 Å². The Hall–Kier alpha value is -2.35. The SMILES string of the molecule is CC(C)C[C@H](N)C(=O)NCc1ccc(-n2ccc(C(F)(F)F)n2)cc1. The molecule has 2 aromatic rings. The van der Waals surface area contributed by atoms with Gasteiger partial charge in [0.2, 0.25) is 5.91 Å². The van der Waals surface area contributed by atoms with E-state index >= 15 is 0 Å². The summed E-state index contributed by atoms with van der Waals surface area (Å²) < 4.78 is 38.9. The fraction of sp³-hybridized carbons (Fsp3) is 0.412. The van der Waals surface area contributed by atoms with Crippen molar-refractivity contribution in [1.29, 1.82) is 0 Å². The van der Waals surface area contributed by atoms with E-state index in [9.17, 15) is 18.0 Å². The maximum absolute atomic E-state index is 12.6. The second-order valence-electron chi connectivity index (χ2n) is 6.26. The monoisotopic (exact) mass is 354 g/mol. The number of nitrogens with zero attached hydrogens (tertiary/aromatic N) is 2. The topological polar surface area (TPSA) is 72.9 Å². The van der Waals surface area contributed by atoms with Crippen molar-refractivity contribution in [3.05, 3.63) is 47.8 Å². The molecule has 0 aliphatic carbocycles. The number of nitrogens with one attached hydrogen (secondary N) is 1. The lowest BCUT2D eigenvalue weighted by molar-refractivity contribution is -0.141. The van der Waals surface area contributed by atoms with E-state index in [0.29, 0.717) is 24.6 Å². The van der Waals surface area contributed by atoms with Crippen LogP contribution in [0.1, 0.15) is 31.5 Å². The van der Waals surface area contributed by atoms with Gasteiger partial charge in [-0.25, -0.2) is 4.68 Å². The van der Waals surface area contributed by atoms with Gasteiger partial charge in [-0.05, 0) is 36.1 Å². The van der Waals surface area contributed by atoms with E-state index in [2.05, 4.69) is 10.4 Å². The Kier molecular flexibility index (Phi) is 5.84. The first-order valence-electron chi connectivity index (χ1n) is 7.92. The van der Waals surface area contributed by atoms with Crippen LogP contribution in [-0.2, 0) is 17.5 Å². The van der Waals surface area contributed by atoms with Gasteiger partial charge in [0.15, 0.2) is 5.69 Å².